The van der Waals surface area contributed by atoms with E-state index in [-0.39, 0.29) is 24.4 Å². The number of aryl methyl sites for hydroxylation is 1. The number of hydrogen-bond donors (Lipinski definition) is 1. The van der Waals surface area contributed by atoms with Gasteiger partial charge in [0.05, 0.1) is 29.1 Å². The second-order valence-corrected chi connectivity index (χ2v) is 5.91. The number of amides is 1. The number of benzene rings is 1. The van der Waals surface area contributed by atoms with Crippen molar-refractivity contribution in [3.8, 4) is 5.82 Å². The van der Waals surface area contributed by atoms with Gasteiger partial charge in [0.15, 0.2) is 5.82 Å². The third-order valence-corrected chi connectivity index (χ3v) is 4.08. The van der Waals surface area contributed by atoms with Gasteiger partial charge in [-0.25, -0.2) is 14.6 Å². The largest absolute Gasteiger partial charge is 0.325 e. The van der Waals surface area contributed by atoms with Crippen molar-refractivity contribution in [2.75, 3.05) is 5.32 Å². The lowest BCUT2D eigenvalue weighted by atomic mass is 10.2. The molecule has 0 bridgehead atoms. The lowest BCUT2D eigenvalue weighted by molar-refractivity contribution is -0.116. The maximum Gasteiger partial charge on any atom is 0.261 e. The van der Waals surface area contributed by atoms with Crippen LogP contribution in [0.2, 0.25) is 0 Å². The van der Waals surface area contributed by atoms with Crippen LogP contribution in [-0.4, -0.2) is 30.2 Å². The summed E-state index contributed by atoms with van der Waals surface area (Å²) in [6, 6.07) is 12.5. The Hall–Kier alpha value is -3.81. The van der Waals surface area contributed by atoms with Crippen molar-refractivity contribution in [2.45, 2.75) is 13.0 Å². The lowest BCUT2D eigenvalue weighted by Crippen LogP contribution is -2.23. The van der Waals surface area contributed by atoms with E-state index >= 15 is 0 Å². The van der Waals surface area contributed by atoms with E-state index in [0.717, 1.165) is 0 Å². The fourth-order valence-electron chi connectivity index (χ4n) is 2.71. The molecule has 1 amide bonds. The first kappa shape index (κ1) is 16.6. The minimum Gasteiger partial charge on any atom is -0.325 e. The van der Waals surface area contributed by atoms with E-state index in [0.29, 0.717) is 22.4 Å². The minimum absolute atomic E-state index is 0.154. The molecule has 3 aromatic heterocycles. The first-order chi connectivity index (χ1) is 13.2. The number of rotatable bonds is 5. The summed E-state index contributed by atoms with van der Waals surface area (Å²) in [6.45, 7) is 0.251. The molecule has 27 heavy (non-hydrogen) atoms. The molecule has 0 saturated heterocycles. The summed E-state index contributed by atoms with van der Waals surface area (Å²) < 4.78 is 3.08. The Balaban J connectivity index is 1.40. The molecule has 134 valence electrons. The minimum atomic E-state index is -0.205. The summed E-state index contributed by atoms with van der Waals surface area (Å²) in [5.74, 6) is 0.454. The molecule has 0 unspecified atom stereocenters. The quantitative estimate of drug-likeness (QED) is 0.587. The van der Waals surface area contributed by atoms with Crippen molar-refractivity contribution in [3.05, 3.63) is 77.7 Å². The van der Waals surface area contributed by atoms with Gasteiger partial charge in [0.2, 0.25) is 5.91 Å². The number of nitrogens with one attached hydrogen (secondary N) is 1. The van der Waals surface area contributed by atoms with Crippen LogP contribution in [0.4, 0.5) is 5.69 Å². The summed E-state index contributed by atoms with van der Waals surface area (Å²) in [5.41, 5.74) is 1.07. The number of carbonyl (C=O) groups is 1. The van der Waals surface area contributed by atoms with Gasteiger partial charge in [-0.3, -0.25) is 14.2 Å². The van der Waals surface area contributed by atoms with E-state index in [1.54, 1.807) is 59.7 Å². The standard InChI is InChI=1S/C19H16N6O2/c26-18(23-14-6-7-17(20-12-14)25-10-3-9-22-25)8-11-24-13-21-16-5-2-1-4-15(16)19(24)27/h1-7,9-10,12-13H,8,11H2,(H,23,26). The Kier molecular flexibility index (Phi) is 4.44. The van der Waals surface area contributed by atoms with Crippen LogP contribution in [0.3, 0.4) is 0 Å². The smallest absolute Gasteiger partial charge is 0.261 e. The predicted octanol–water partition coefficient (Wildman–Crippen LogP) is 2.01. The third-order valence-electron chi connectivity index (χ3n) is 4.08. The Morgan fingerprint density at radius 2 is 1.96 bits per heavy atom. The average molecular weight is 360 g/mol. The summed E-state index contributed by atoms with van der Waals surface area (Å²) >= 11 is 0. The highest BCUT2D eigenvalue weighted by Crippen LogP contribution is 2.10. The molecule has 8 heteroatoms. The predicted molar refractivity (Wildman–Crippen MR) is 101 cm³/mol. The highest BCUT2D eigenvalue weighted by molar-refractivity contribution is 5.90. The molecule has 8 nitrogen and oxygen atoms in total. The first-order valence-corrected chi connectivity index (χ1v) is 8.41. The molecule has 4 aromatic rings. The molecule has 0 atom stereocenters. The Labute approximate surface area is 154 Å². The monoisotopic (exact) mass is 360 g/mol. The Morgan fingerprint density at radius 1 is 1.07 bits per heavy atom. The van der Waals surface area contributed by atoms with Crippen LogP contribution in [0.1, 0.15) is 6.42 Å². The Morgan fingerprint density at radius 3 is 2.74 bits per heavy atom. The number of carbonyl (C=O) groups excluding carboxylic acids is 1. The Bertz CT molecular complexity index is 1130. The summed E-state index contributed by atoms with van der Waals surface area (Å²) in [5, 5.41) is 7.41. The van der Waals surface area contributed by atoms with E-state index in [2.05, 4.69) is 20.4 Å². The van der Waals surface area contributed by atoms with Gasteiger partial charge in [-0.2, -0.15) is 5.10 Å². The highest BCUT2D eigenvalue weighted by atomic mass is 16.2. The van der Waals surface area contributed by atoms with Crippen LogP contribution < -0.4 is 10.9 Å². The fourth-order valence-corrected chi connectivity index (χ4v) is 2.71. The van der Waals surface area contributed by atoms with Crippen molar-refractivity contribution in [1.29, 1.82) is 0 Å². The molecular formula is C19H16N6O2. The molecule has 0 radical (unpaired) electrons. The summed E-state index contributed by atoms with van der Waals surface area (Å²) in [4.78, 5) is 33.1. The first-order valence-electron chi connectivity index (χ1n) is 8.41. The average Bonchev–Trinajstić information content (AvgIpc) is 3.23. The van der Waals surface area contributed by atoms with Gasteiger partial charge in [-0.05, 0) is 30.3 Å². The van der Waals surface area contributed by atoms with Crippen molar-refractivity contribution in [1.82, 2.24) is 24.3 Å². The van der Waals surface area contributed by atoms with Gasteiger partial charge in [0.25, 0.3) is 5.56 Å². The number of fused-ring (bicyclic) bond motifs is 1. The number of aromatic nitrogens is 5. The lowest BCUT2D eigenvalue weighted by Gasteiger charge is -2.08. The van der Waals surface area contributed by atoms with Crippen molar-refractivity contribution >= 4 is 22.5 Å². The molecule has 0 aliphatic rings. The van der Waals surface area contributed by atoms with E-state index in [9.17, 15) is 9.59 Å². The van der Waals surface area contributed by atoms with Crippen LogP contribution in [0.5, 0.6) is 0 Å². The van der Waals surface area contributed by atoms with Crippen LogP contribution >= 0.6 is 0 Å². The molecule has 4 rings (SSSR count). The zero-order valence-corrected chi connectivity index (χ0v) is 14.3. The van der Waals surface area contributed by atoms with Gasteiger partial charge >= 0.3 is 0 Å². The zero-order valence-electron chi connectivity index (χ0n) is 14.3. The van der Waals surface area contributed by atoms with E-state index in [4.69, 9.17) is 0 Å². The molecule has 0 spiro atoms. The number of anilines is 1. The number of nitrogens with zero attached hydrogens (tertiary/aromatic N) is 5. The SMILES string of the molecule is O=C(CCn1cnc2ccccc2c1=O)Nc1ccc(-n2cccn2)nc1. The van der Waals surface area contributed by atoms with E-state index < -0.39 is 0 Å². The molecule has 0 aliphatic heterocycles. The normalized spacial score (nSPS) is 10.8. The van der Waals surface area contributed by atoms with Crippen LogP contribution in [0.15, 0.2) is 72.2 Å². The van der Waals surface area contributed by atoms with Gasteiger partial charge in [0.1, 0.15) is 0 Å². The second-order valence-electron chi connectivity index (χ2n) is 5.91. The maximum atomic E-state index is 12.4. The van der Waals surface area contributed by atoms with Gasteiger partial charge in [-0.15, -0.1) is 0 Å². The van der Waals surface area contributed by atoms with E-state index in [1.165, 1.54) is 10.9 Å². The topological polar surface area (TPSA) is 94.7 Å². The molecule has 0 aliphatic carbocycles. The van der Waals surface area contributed by atoms with Crippen molar-refractivity contribution in [2.24, 2.45) is 0 Å². The fraction of sp³-hybridized carbons (Fsp3) is 0.105. The number of para-hydroxylation sites is 1. The van der Waals surface area contributed by atoms with E-state index in [1.807, 2.05) is 6.07 Å². The third kappa shape index (κ3) is 3.59. The van der Waals surface area contributed by atoms with Crippen molar-refractivity contribution in [3.63, 3.8) is 0 Å². The maximum absolute atomic E-state index is 12.4. The molecule has 0 saturated carbocycles. The highest BCUT2D eigenvalue weighted by Gasteiger charge is 2.07. The molecule has 1 N–H and O–H groups in total. The molecular weight excluding hydrogens is 344 g/mol. The summed E-state index contributed by atoms with van der Waals surface area (Å²) in [7, 11) is 0. The van der Waals surface area contributed by atoms with Gasteiger partial charge in [-0.1, -0.05) is 12.1 Å². The molecule has 1 aromatic carbocycles. The van der Waals surface area contributed by atoms with Crippen LogP contribution in [-0.2, 0) is 11.3 Å². The summed E-state index contributed by atoms with van der Waals surface area (Å²) in [6.07, 6.45) is 6.65. The molecule has 3 heterocycles. The molecule has 0 fully saturated rings. The zero-order chi connectivity index (χ0) is 18.6. The van der Waals surface area contributed by atoms with Crippen LogP contribution in [0, 0.1) is 0 Å². The van der Waals surface area contributed by atoms with Crippen molar-refractivity contribution < 1.29 is 4.79 Å². The number of pyridine rings is 1. The number of hydrogen-bond acceptors (Lipinski definition) is 5. The van der Waals surface area contributed by atoms with Crippen LogP contribution in [0.25, 0.3) is 16.7 Å². The second kappa shape index (κ2) is 7.20. The van der Waals surface area contributed by atoms with Gasteiger partial charge < -0.3 is 5.32 Å². The van der Waals surface area contributed by atoms with Gasteiger partial charge in [0, 0.05) is 25.4 Å².